The van der Waals surface area contributed by atoms with Crippen LogP contribution in [0.1, 0.15) is 103 Å². The summed E-state index contributed by atoms with van der Waals surface area (Å²) in [6.07, 6.45) is 20.4. The van der Waals surface area contributed by atoms with Crippen molar-refractivity contribution in [3.63, 3.8) is 0 Å². The molecule has 29 heavy (non-hydrogen) atoms. The molecule has 164 valence electrons. The van der Waals surface area contributed by atoms with Gasteiger partial charge in [0.1, 0.15) is 0 Å². The Hall–Kier alpha value is -0.610. The highest BCUT2D eigenvalue weighted by Crippen LogP contribution is 2.51. The molecule has 4 aliphatic rings. The summed E-state index contributed by atoms with van der Waals surface area (Å²) in [5.41, 5.74) is 2.54. The molecule has 0 radical (unpaired) electrons. The van der Waals surface area contributed by atoms with Crippen LogP contribution in [0.15, 0.2) is 22.1 Å². The Morgan fingerprint density at radius 3 is 1.76 bits per heavy atom. The smallest absolute Gasteiger partial charge is 0.282 e. The average molecular weight is 421 g/mol. The van der Waals surface area contributed by atoms with Gasteiger partial charge in [-0.3, -0.25) is 4.55 Å². The number of rotatable bonds is 4. The van der Waals surface area contributed by atoms with E-state index in [4.69, 9.17) is 0 Å². The lowest BCUT2D eigenvalue weighted by molar-refractivity contribution is 0.219. The molecule has 0 spiro atoms. The Bertz CT molecular complexity index is 730. The zero-order valence-electron chi connectivity index (χ0n) is 18.2. The highest BCUT2D eigenvalue weighted by atomic mass is 32.2. The third-order valence-electron chi connectivity index (χ3n) is 8.53. The Morgan fingerprint density at radius 1 is 0.759 bits per heavy atom. The maximum Gasteiger partial charge on any atom is 0.291 e. The molecule has 0 aliphatic heterocycles. The lowest BCUT2D eigenvalue weighted by atomic mass is 9.64. The quantitative estimate of drug-likeness (QED) is 0.495. The monoisotopic (exact) mass is 420 g/mol. The summed E-state index contributed by atoms with van der Waals surface area (Å²) in [6.45, 7) is 2.27. The van der Waals surface area contributed by atoms with E-state index >= 15 is 0 Å². The largest absolute Gasteiger partial charge is 0.291 e. The van der Waals surface area contributed by atoms with E-state index in [1.165, 1.54) is 76.2 Å². The van der Waals surface area contributed by atoms with Crippen LogP contribution in [0.2, 0.25) is 0 Å². The molecule has 2 atom stereocenters. The van der Waals surface area contributed by atoms with Crippen LogP contribution in [-0.4, -0.2) is 13.0 Å². The summed E-state index contributed by atoms with van der Waals surface area (Å²) >= 11 is 0. The van der Waals surface area contributed by atoms with Crippen molar-refractivity contribution in [2.24, 2.45) is 29.6 Å². The molecule has 0 aromatic rings. The van der Waals surface area contributed by atoms with Crippen LogP contribution < -0.4 is 0 Å². The summed E-state index contributed by atoms with van der Waals surface area (Å²) in [5.74, 6) is 1.57. The highest BCUT2D eigenvalue weighted by molar-refractivity contribution is 7.89. The minimum absolute atomic E-state index is 0.0100. The van der Waals surface area contributed by atoms with Crippen LogP contribution in [0, 0.1) is 29.6 Å². The first kappa shape index (κ1) is 21.6. The predicted octanol–water partition coefficient (Wildman–Crippen LogP) is 7.06. The van der Waals surface area contributed by atoms with Crippen molar-refractivity contribution >= 4 is 10.1 Å². The van der Waals surface area contributed by atoms with E-state index in [9.17, 15) is 13.0 Å². The number of hydrogen-bond donors (Lipinski definition) is 1. The van der Waals surface area contributed by atoms with E-state index in [1.54, 1.807) is 0 Å². The second-order valence-electron chi connectivity index (χ2n) is 10.3. The summed E-state index contributed by atoms with van der Waals surface area (Å²) in [4.78, 5) is 0.434. The lowest BCUT2D eigenvalue weighted by Crippen LogP contribution is -2.36. The first-order chi connectivity index (χ1) is 14.0. The Morgan fingerprint density at radius 2 is 1.24 bits per heavy atom. The van der Waals surface area contributed by atoms with Gasteiger partial charge in [0.05, 0.1) is 4.91 Å². The van der Waals surface area contributed by atoms with Crippen LogP contribution >= 0.6 is 0 Å². The summed E-state index contributed by atoms with van der Waals surface area (Å²) in [5, 5.41) is 0. The van der Waals surface area contributed by atoms with Gasteiger partial charge in [0.15, 0.2) is 0 Å². The predicted molar refractivity (Wildman–Crippen MR) is 119 cm³/mol. The van der Waals surface area contributed by atoms with Crippen molar-refractivity contribution in [2.75, 3.05) is 0 Å². The number of allylic oxidation sites excluding steroid dienone is 4. The Labute approximate surface area is 178 Å². The Balaban J connectivity index is 1.81. The number of hydrogen-bond acceptors (Lipinski definition) is 2. The lowest BCUT2D eigenvalue weighted by Gasteiger charge is -2.43. The molecule has 3 fully saturated rings. The molecular formula is C25H40O3S. The highest BCUT2D eigenvalue weighted by Gasteiger charge is 2.44. The first-order valence-corrected chi connectivity index (χ1v) is 13.8. The van der Waals surface area contributed by atoms with Crippen molar-refractivity contribution in [1.29, 1.82) is 0 Å². The maximum absolute atomic E-state index is 12.8. The topological polar surface area (TPSA) is 54.4 Å². The van der Waals surface area contributed by atoms with Crippen molar-refractivity contribution in [1.82, 2.24) is 0 Å². The van der Waals surface area contributed by atoms with Crippen LogP contribution in [0.4, 0.5) is 0 Å². The second-order valence-corrected chi connectivity index (χ2v) is 11.7. The molecule has 4 aliphatic carbocycles. The van der Waals surface area contributed by atoms with E-state index in [2.05, 4.69) is 13.0 Å². The molecule has 0 aromatic heterocycles. The van der Waals surface area contributed by atoms with Gasteiger partial charge in [-0.2, -0.15) is 8.42 Å². The van der Waals surface area contributed by atoms with E-state index in [0.717, 1.165) is 31.3 Å². The molecule has 0 bridgehead atoms. The minimum Gasteiger partial charge on any atom is -0.282 e. The fourth-order valence-electron chi connectivity index (χ4n) is 7.10. The van der Waals surface area contributed by atoms with Crippen molar-refractivity contribution in [3.05, 3.63) is 22.1 Å². The molecule has 3 nitrogen and oxygen atoms in total. The Kier molecular flexibility index (Phi) is 6.90. The van der Waals surface area contributed by atoms with Crippen molar-refractivity contribution in [2.45, 2.75) is 103 Å². The zero-order chi connectivity index (χ0) is 20.4. The van der Waals surface area contributed by atoms with Gasteiger partial charge in [-0.1, -0.05) is 76.4 Å². The molecular weight excluding hydrogens is 380 g/mol. The van der Waals surface area contributed by atoms with Crippen LogP contribution in [-0.2, 0) is 10.1 Å². The van der Waals surface area contributed by atoms with Gasteiger partial charge in [-0.05, 0) is 67.8 Å². The minimum atomic E-state index is -4.17. The zero-order valence-corrected chi connectivity index (χ0v) is 19.1. The standard InChI is InChI=1S/C25H40O3S/c1-18-22(19-11-5-2-6-12-19)17-23(20-13-7-3-8-14-20)25(29(26,27)28)24(18)21-15-9-4-10-16-21/h17-21,24H,2-16H2,1H3,(H,26,27,28). The summed E-state index contributed by atoms with van der Waals surface area (Å²) < 4.78 is 36.0. The van der Waals surface area contributed by atoms with Gasteiger partial charge in [0, 0.05) is 5.92 Å². The SMILES string of the molecule is CC1C(C2CCCCC2)=CC(C2CCCCC2)=C(S(=O)(=O)O)C1C1CCCCC1. The average Bonchev–Trinajstić information content (AvgIpc) is 2.74. The fourth-order valence-corrected chi connectivity index (χ4v) is 8.37. The third kappa shape index (κ3) is 4.69. The normalized spacial score (nSPS) is 31.7. The van der Waals surface area contributed by atoms with Crippen LogP contribution in [0.25, 0.3) is 0 Å². The maximum atomic E-state index is 12.8. The molecule has 0 saturated heterocycles. The van der Waals surface area contributed by atoms with E-state index < -0.39 is 10.1 Å². The van der Waals surface area contributed by atoms with Crippen LogP contribution in [0.3, 0.4) is 0 Å². The fraction of sp³-hybridized carbons (Fsp3) is 0.840. The van der Waals surface area contributed by atoms with Gasteiger partial charge in [0.2, 0.25) is 0 Å². The molecule has 4 heteroatoms. The molecule has 0 aromatic carbocycles. The van der Waals surface area contributed by atoms with Crippen molar-refractivity contribution < 1.29 is 13.0 Å². The molecule has 4 rings (SSSR count). The summed E-state index contributed by atoms with van der Waals surface area (Å²) in [7, 11) is -4.17. The summed E-state index contributed by atoms with van der Waals surface area (Å²) in [6, 6.07) is 0. The molecule has 3 saturated carbocycles. The molecule has 0 heterocycles. The van der Waals surface area contributed by atoms with E-state index in [1.807, 2.05) is 0 Å². The van der Waals surface area contributed by atoms with Gasteiger partial charge < -0.3 is 0 Å². The first-order valence-electron chi connectivity index (χ1n) is 12.4. The second kappa shape index (κ2) is 9.26. The van der Waals surface area contributed by atoms with Crippen LogP contribution in [0.5, 0.6) is 0 Å². The third-order valence-corrected chi connectivity index (χ3v) is 9.59. The van der Waals surface area contributed by atoms with Gasteiger partial charge in [-0.25, -0.2) is 0 Å². The van der Waals surface area contributed by atoms with Crippen molar-refractivity contribution in [3.8, 4) is 0 Å². The van der Waals surface area contributed by atoms with E-state index in [-0.39, 0.29) is 11.8 Å². The van der Waals surface area contributed by atoms with Gasteiger partial charge in [-0.15, -0.1) is 0 Å². The molecule has 1 N–H and O–H groups in total. The van der Waals surface area contributed by atoms with E-state index in [0.29, 0.717) is 22.7 Å². The van der Waals surface area contributed by atoms with Gasteiger partial charge >= 0.3 is 0 Å². The molecule has 2 unspecified atom stereocenters. The van der Waals surface area contributed by atoms with Gasteiger partial charge in [0.25, 0.3) is 10.1 Å². The molecule has 0 amide bonds.